The van der Waals surface area contributed by atoms with Gasteiger partial charge in [-0.2, -0.15) is 0 Å². The summed E-state index contributed by atoms with van der Waals surface area (Å²) in [5, 5.41) is 3.41. The predicted octanol–water partition coefficient (Wildman–Crippen LogP) is 4.27. The van der Waals surface area contributed by atoms with Gasteiger partial charge in [-0.3, -0.25) is 4.79 Å². The number of nitrogens with one attached hydrogen (secondary N) is 1. The number of carbonyl (C=O) groups is 1. The molecule has 1 aromatic carbocycles. The predicted molar refractivity (Wildman–Crippen MR) is 88.6 cm³/mol. The fraction of sp³-hybridized carbons (Fsp3) is 0.588. The highest BCUT2D eigenvalue weighted by Gasteiger charge is 2.48. The summed E-state index contributed by atoms with van der Waals surface area (Å²) in [7, 11) is 0. The van der Waals surface area contributed by atoms with Crippen molar-refractivity contribution < 1.29 is 14.3 Å². The molecule has 2 rings (SSSR count). The molecule has 1 fully saturated rings. The molecule has 22 heavy (non-hydrogen) atoms. The molecule has 0 saturated heterocycles. The van der Waals surface area contributed by atoms with Gasteiger partial charge in [0.2, 0.25) is 0 Å². The molecule has 0 aromatic heterocycles. The molecule has 0 aliphatic heterocycles. The molecule has 0 heterocycles. The smallest absolute Gasteiger partial charge is 0.256 e. The van der Waals surface area contributed by atoms with Crippen LogP contribution in [0.2, 0.25) is 5.02 Å². The summed E-state index contributed by atoms with van der Waals surface area (Å²) in [6, 6.07) is 5.27. The monoisotopic (exact) mass is 325 g/mol. The second-order valence-corrected chi connectivity index (χ2v) is 6.17. The zero-order valence-electron chi connectivity index (χ0n) is 13.4. The van der Waals surface area contributed by atoms with Crippen molar-refractivity contribution in [3.05, 3.63) is 23.2 Å². The van der Waals surface area contributed by atoms with Crippen LogP contribution in [0.4, 0.5) is 5.69 Å². The quantitative estimate of drug-likeness (QED) is 0.776. The average molecular weight is 326 g/mol. The molecule has 5 heteroatoms. The number of ether oxygens (including phenoxy) is 2. The number of anilines is 1. The Morgan fingerprint density at radius 2 is 2.14 bits per heavy atom. The van der Waals surface area contributed by atoms with Gasteiger partial charge in [0, 0.05) is 12.3 Å². The summed E-state index contributed by atoms with van der Waals surface area (Å²) in [4.78, 5) is 12.6. The topological polar surface area (TPSA) is 47.6 Å². The van der Waals surface area contributed by atoms with E-state index in [0.29, 0.717) is 35.6 Å². The number of halogens is 1. The highest BCUT2D eigenvalue weighted by molar-refractivity contribution is 6.32. The van der Waals surface area contributed by atoms with Crippen molar-refractivity contribution in [3.8, 4) is 5.75 Å². The van der Waals surface area contributed by atoms with Gasteiger partial charge in [-0.05, 0) is 57.2 Å². The van der Waals surface area contributed by atoms with Crippen molar-refractivity contribution in [1.82, 2.24) is 0 Å². The van der Waals surface area contributed by atoms with Gasteiger partial charge in [-0.25, -0.2) is 0 Å². The SMILES string of the molecule is CCCO[C@](C)(C(=O)Nc1ccc(OCC)c(Cl)c1)C1CC1. The molecule has 0 unspecified atom stereocenters. The van der Waals surface area contributed by atoms with Crippen LogP contribution >= 0.6 is 11.6 Å². The third-order valence-electron chi connectivity index (χ3n) is 3.90. The zero-order chi connectivity index (χ0) is 16.2. The Morgan fingerprint density at radius 1 is 1.41 bits per heavy atom. The van der Waals surface area contributed by atoms with Gasteiger partial charge in [0.25, 0.3) is 5.91 Å². The van der Waals surface area contributed by atoms with Gasteiger partial charge in [-0.15, -0.1) is 0 Å². The lowest BCUT2D eigenvalue weighted by Crippen LogP contribution is -2.45. The summed E-state index contributed by atoms with van der Waals surface area (Å²) in [5.41, 5.74) is -0.105. The molecule has 0 spiro atoms. The highest BCUT2D eigenvalue weighted by atomic mass is 35.5. The summed E-state index contributed by atoms with van der Waals surface area (Å²) in [6.07, 6.45) is 2.97. The van der Waals surface area contributed by atoms with Crippen molar-refractivity contribution in [2.24, 2.45) is 5.92 Å². The van der Waals surface area contributed by atoms with Crippen LogP contribution in [0.1, 0.15) is 40.0 Å². The fourth-order valence-corrected chi connectivity index (χ4v) is 2.66. The number of amides is 1. The van der Waals surface area contributed by atoms with Gasteiger partial charge < -0.3 is 14.8 Å². The minimum absolute atomic E-state index is 0.108. The minimum Gasteiger partial charge on any atom is -0.492 e. The first-order chi connectivity index (χ1) is 10.5. The maximum atomic E-state index is 12.6. The van der Waals surface area contributed by atoms with Gasteiger partial charge in [0.1, 0.15) is 11.4 Å². The van der Waals surface area contributed by atoms with E-state index < -0.39 is 5.60 Å². The minimum atomic E-state index is -0.763. The highest BCUT2D eigenvalue weighted by Crippen LogP contribution is 2.42. The Bertz CT molecular complexity index is 531. The van der Waals surface area contributed by atoms with E-state index in [9.17, 15) is 4.79 Å². The molecule has 122 valence electrons. The van der Waals surface area contributed by atoms with Crippen LogP contribution in [-0.2, 0) is 9.53 Å². The number of hydrogen-bond donors (Lipinski definition) is 1. The Morgan fingerprint density at radius 3 is 2.68 bits per heavy atom. The van der Waals surface area contributed by atoms with E-state index in [1.54, 1.807) is 18.2 Å². The van der Waals surface area contributed by atoms with Crippen molar-refractivity contribution >= 4 is 23.2 Å². The van der Waals surface area contributed by atoms with Crippen LogP contribution in [0.25, 0.3) is 0 Å². The Labute approximate surface area is 137 Å². The van der Waals surface area contributed by atoms with E-state index in [1.165, 1.54) is 0 Å². The number of rotatable bonds is 8. The first-order valence-electron chi connectivity index (χ1n) is 7.89. The zero-order valence-corrected chi connectivity index (χ0v) is 14.2. The standard InChI is InChI=1S/C17H24ClNO3/c1-4-10-22-17(3,12-6-7-12)16(20)19-13-8-9-15(21-5-2)14(18)11-13/h8-9,11-12H,4-7,10H2,1-3H3,(H,19,20)/t17-/m0/s1. The summed E-state index contributed by atoms with van der Waals surface area (Å²) in [5.74, 6) is 0.815. The van der Waals surface area contributed by atoms with Crippen LogP contribution in [0.5, 0.6) is 5.75 Å². The number of hydrogen-bond acceptors (Lipinski definition) is 3. The van der Waals surface area contributed by atoms with E-state index in [2.05, 4.69) is 5.32 Å². The molecule has 0 bridgehead atoms. The van der Waals surface area contributed by atoms with Crippen molar-refractivity contribution in [2.45, 2.75) is 45.6 Å². The Kier molecular flexibility index (Phi) is 5.70. The van der Waals surface area contributed by atoms with Gasteiger partial charge in [0.05, 0.1) is 11.6 Å². The van der Waals surface area contributed by atoms with E-state index in [0.717, 1.165) is 19.3 Å². The summed E-state index contributed by atoms with van der Waals surface area (Å²) >= 11 is 6.16. The molecule has 1 N–H and O–H groups in total. The Balaban J connectivity index is 2.08. The van der Waals surface area contributed by atoms with Gasteiger partial charge in [0.15, 0.2) is 0 Å². The lowest BCUT2D eigenvalue weighted by atomic mass is 9.98. The maximum absolute atomic E-state index is 12.6. The molecular weight excluding hydrogens is 302 g/mol. The third-order valence-corrected chi connectivity index (χ3v) is 4.20. The fourth-order valence-electron chi connectivity index (χ4n) is 2.42. The van der Waals surface area contributed by atoms with Crippen LogP contribution in [0, 0.1) is 5.92 Å². The second kappa shape index (κ2) is 7.34. The molecule has 1 aromatic rings. The molecule has 1 atom stereocenters. The van der Waals surface area contributed by atoms with E-state index in [4.69, 9.17) is 21.1 Å². The lowest BCUT2D eigenvalue weighted by molar-refractivity contribution is -0.142. The average Bonchev–Trinajstić information content (AvgIpc) is 3.32. The lowest BCUT2D eigenvalue weighted by Gasteiger charge is -2.28. The van der Waals surface area contributed by atoms with E-state index >= 15 is 0 Å². The normalized spacial score (nSPS) is 16.9. The van der Waals surface area contributed by atoms with Crippen LogP contribution < -0.4 is 10.1 Å². The third kappa shape index (κ3) is 3.93. The van der Waals surface area contributed by atoms with E-state index in [-0.39, 0.29) is 5.91 Å². The van der Waals surface area contributed by atoms with E-state index in [1.807, 2.05) is 20.8 Å². The van der Waals surface area contributed by atoms with Gasteiger partial charge >= 0.3 is 0 Å². The molecule has 1 aliphatic carbocycles. The van der Waals surface area contributed by atoms with Gasteiger partial charge in [-0.1, -0.05) is 18.5 Å². The van der Waals surface area contributed by atoms with Crippen LogP contribution in [0.3, 0.4) is 0 Å². The summed E-state index contributed by atoms with van der Waals surface area (Å²) in [6.45, 7) is 6.96. The molecule has 4 nitrogen and oxygen atoms in total. The first-order valence-corrected chi connectivity index (χ1v) is 8.26. The van der Waals surface area contributed by atoms with Crippen LogP contribution in [0.15, 0.2) is 18.2 Å². The number of benzene rings is 1. The second-order valence-electron chi connectivity index (χ2n) is 5.76. The van der Waals surface area contributed by atoms with Crippen LogP contribution in [-0.4, -0.2) is 24.7 Å². The number of carbonyl (C=O) groups excluding carboxylic acids is 1. The largest absolute Gasteiger partial charge is 0.492 e. The summed E-state index contributed by atoms with van der Waals surface area (Å²) < 4.78 is 11.3. The molecular formula is C17H24ClNO3. The first kappa shape index (κ1) is 17.1. The Hall–Kier alpha value is -1.26. The van der Waals surface area contributed by atoms with Crippen molar-refractivity contribution in [1.29, 1.82) is 0 Å². The van der Waals surface area contributed by atoms with Crippen molar-refractivity contribution in [3.63, 3.8) is 0 Å². The molecule has 1 saturated carbocycles. The molecule has 1 amide bonds. The van der Waals surface area contributed by atoms with Crippen molar-refractivity contribution in [2.75, 3.05) is 18.5 Å². The molecule has 0 radical (unpaired) electrons. The molecule has 1 aliphatic rings. The maximum Gasteiger partial charge on any atom is 0.256 e.